The Hall–Kier alpha value is -3.46. The highest BCUT2D eigenvalue weighted by Crippen LogP contribution is 2.26. The van der Waals surface area contributed by atoms with E-state index in [1.807, 2.05) is 86.6 Å². The molecule has 3 nitrogen and oxygen atoms in total. The Morgan fingerprint density at radius 2 is 1.59 bits per heavy atom. The zero-order chi connectivity index (χ0) is 18.8. The number of carbonyl (C=O) groups excluding carboxylic acids is 1. The number of hydrogen-bond acceptors (Lipinski definition) is 2. The lowest BCUT2D eigenvalue weighted by Gasteiger charge is -2.12. The first-order valence-corrected chi connectivity index (χ1v) is 8.95. The average Bonchev–Trinajstić information content (AvgIpc) is 2.70. The standard InChI is InChI=1S/C24H20N2O/c1-16-12-13-21(17(2)14-16)26-24(27)20-15-23(18-8-4-3-5-9-18)25-22-11-7-6-10-19(20)22/h3-15H,1-2H3,(H,26,27). The molecule has 4 aromatic rings. The van der Waals surface area contributed by atoms with Crippen LogP contribution in [-0.2, 0) is 0 Å². The number of pyridine rings is 1. The molecule has 0 aliphatic heterocycles. The summed E-state index contributed by atoms with van der Waals surface area (Å²) >= 11 is 0. The van der Waals surface area contributed by atoms with Crippen molar-refractivity contribution in [1.82, 2.24) is 4.98 Å². The Balaban J connectivity index is 1.81. The van der Waals surface area contributed by atoms with Gasteiger partial charge >= 0.3 is 0 Å². The summed E-state index contributed by atoms with van der Waals surface area (Å²) in [5, 5.41) is 3.90. The monoisotopic (exact) mass is 352 g/mol. The molecule has 0 radical (unpaired) electrons. The number of nitrogens with one attached hydrogen (secondary N) is 1. The van der Waals surface area contributed by atoms with Crippen molar-refractivity contribution in [2.45, 2.75) is 13.8 Å². The number of hydrogen-bond donors (Lipinski definition) is 1. The molecule has 1 aromatic heterocycles. The highest BCUT2D eigenvalue weighted by molar-refractivity contribution is 6.13. The summed E-state index contributed by atoms with van der Waals surface area (Å²) in [5.74, 6) is -0.127. The molecule has 0 saturated heterocycles. The van der Waals surface area contributed by atoms with Crippen LogP contribution < -0.4 is 5.32 Å². The second kappa shape index (κ2) is 7.04. The largest absolute Gasteiger partial charge is 0.322 e. The fourth-order valence-electron chi connectivity index (χ4n) is 3.26. The minimum Gasteiger partial charge on any atom is -0.322 e. The third-order valence-corrected chi connectivity index (χ3v) is 4.66. The summed E-state index contributed by atoms with van der Waals surface area (Å²) in [4.78, 5) is 17.9. The first kappa shape index (κ1) is 17.0. The van der Waals surface area contributed by atoms with Crippen LogP contribution in [0.3, 0.4) is 0 Å². The molecule has 0 unspecified atom stereocenters. The van der Waals surface area contributed by atoms with Crippen LogP contribution >= 0.6 is 0 Å². The summed E-state index contributed by atoms with van der Waals surface area (Å²) in [7, 11) is 0. The van der Waals surface area contributed by atoms with Crippen molar-refractivity contribution in [3.05, 3.63) is 95.6 Å². The van der Waals surface area contributed by atoms with Gasteiger partial charge in [0.1, 0.15) is 0 Å². The van der Waals surface area contributed by atoms with Crippen molar-refractivity contribution >= 4 is 22.5 Å². The molecule has 0 aliphatic carbocycles. The van der Waals surface area contributed by atoms with Gasteiger partial charge in [0.15, 0.2) is 0 Å². The predicted octanol–water partition coefficient (Wildman–Crippen LogP) is 5.77. The lowest BCUT2D eigenvalue weighted by atomic mass is 10.0. The average molecular weight is 352 g/mol. The van der Waals surface area contributed by atoms with Gasteiger partial charge in [0.05, 0.1) is 16.8 Å². The molecule has 27 heavy (non-hydrogen) atoms. The van der Waals surface area contributed by atoms with Crippen LogP contribution in [0, 0.1) is 13.8 Å². The zero-order valence-electron chi connectivity index (χ0n) is 15.4. The fourth-order valence-corrected chi connectivity index (χ4v) is 3.26. The normalized spacial score (nSPS) is 10.7. The Morgan fingerprint density at radius 1 is 0.852 bits per heavy atom. The van der Waals surface area contributed by atoms with Gasteiger partial charge in [0, 0.05) is 16.6 Å². The quantitative estimate of drug-likeness (QED) is 0.508. The molecule has 0 aliphatic rings. The lowest BCUT2D eigenvalue weighted by Crippen LogP contribution is -2.14. The van der Waals surface area contributed by atoms with Gasteiger partial charge in [-0.3, -0.25) is 4.79 Å². The third kappa shape index (κ3) is 3.44. The van der Waals surface area contributed by atoms with Gasteiger partial charge in [-0.15, -0.1) is 0 Å². The molecule has 132 valence electrons. The topological polar surface area (TPSA) is 42.0 Å². The SMILES string of the molecule is Cc1ccc(NC(=O)c2cc(-c3ccccc3)nc3ccccc23)c(C)c1. The molecule has 3 heteroatoms. The predicted molar refractivity (Wildman–Crippen MR) is 111 cm³/mol. The number of amides is 1. The maximum absolute atomic E-state index is 13.1. The van der Waals surface area contributed by atoms with E-state index in [2.05, 4.69) is 11.4 Å². The molecular weight excluding hydrogens is 332 g/mol. The van der Waals surface area contributed by atoms with E-state index in [9.17, 15) is 4.79 Å². The Labute approximate surface area is 158 Å². The summed E-state index contributed by atoms with van der Waals surface area (Å²) in [5.41, 5.74) is 6.26. The van der Waals surface area contributed by atoms with Gasteiger partial charge in [-0.05, 0) is 37.6 Å². The van der Waals surface area contributed by atoms with Crippen molar-refractivity contribution in [2.75, 3.05) is 5.32 Å². The fraction of sp³-hybridized carbons (Fsp3) is 0.0833. The second-order valence-electron chi connectivity index (χ2n) is 6.71. The van der Waals surface area contributed by atoms with Crippen molar-refractivity contribution in [1.29, 1.82) is 0 Å². The number of benzene rings is 3. The molecule has 0 atom stereocenters. The molecule has 0 spiro atoms. The highest BCUT2D eigenvalue weighted by atomic mass is 16.1. The van der Waals surface area contributed by atoms with Crippen LogP contribution in [0.25, 0.3) is 22.2 Å². The van der Waals surface area contributed by atoms with Crippen LogP contribution in [-0.4, -0.2) is 10.9 Å². The maximum atomic E-state index is 13.1. The Kier molecular flexibility index (Phi) is 4.43. The molecule has 3 aromatic carbocycles. The van der Waals surface area contributed by atoms with Crippen molar-refractivity contribution in [2.24, 2.45) is 0 Å². The number of anilines is 1. The number of rotatable bonds is 3. The molecule has 0 saturated carbocycles. The van der Waals surface area contributed by atoms with Gasteiger partial charge in [0.2, 0.25) is 0 Å². The molecular formula is C24H20N2O. The van der Waals surface area contributed by atoms with Crippen molar-refractivity contribution in [3.8, 4) is 11.3 Å². The molecule has 4 rings (SSSR count). The molecule has 1 amide bonds. The minimum absolute atomic E-state index is 0.127. The zero-order valence-corrected chi connectivity index (χ0v) is 15.4. The Bertz CT molecular complexity index is 1130. The van der Waals surface area contributed by atoms with Gasteiger partial charge in [-0.25, -0.2) is 4.98 Å². The van der Waals surface area contributed by atoms with Crippen LogP contribution in [0.4, 0.5) is 5.69 Å². The molecule has 1 heterocycles. The first-order chi connectivity index (χ1) is 13.1. The number of aromatic nitrogens is 1. The number of fused-ring (bicyclic) bond motifs is 1. The van der Waals surface area contributed by atoms with Gasteiger partial charge < -0.3 is 5.32 Å². The molecule has 0 fully saturated rings. The maximum Gasteiger partial charge on any atom is 0.256 e. The van der Waals surface area contributed by atoms with Crippen LogP contribution in [0.15, 0.2) is 78.9 Å². The van der Waals surface area contributed by atoms with Gasteiger partial charge in [-0.2, -0.15) is 0 Å². The van der Waals surface area contributed by atoms with Crippen LogP contribution in [0.2, 0.25) is 0 Å². The van der Waals surface area contributed by atoms with Crippen molar-refractivity contribution in [3.63, 3.8) is 0 Å². The number of nitrogens with zero attached hydrogens (tertiary/aromatic N) is 1. The van der Waals surface area contributed by atoms with E-state index < -0.39 is 0 Å². The van der Waals surface area contributed by atoms with E-state index in [0.29, 0.717) is 5.56 Å². The first-order valence-electron chi connectivity index (χ1n) is 8.95. The summed E-state index contributed by atoms with van der Waals surface area (Å²) in [6.07, 6.45) is 0. The van der Waals surface area contributed by atoms with E-state index in [0.717, 1.165) is 33.4 Å². The smallest absolute Gasteiger partial charge is 0.256 e. The van der Waals surface area contributed by atoms with E-state index in [4.69, 9.17) is 4.98 Å². The number of carbonyl (C=O) groups is 1. The second-order valence-corrected chi connectivity index (χ2v) is 6.71. The highest BCUT2D eigenvalue weighted by Gasteiger charge is 2.15. The van der Waals surface area contributed by atoms with E-state index >= 15 is 0 Å². The van der Waals surface area contributed by atoms with Gasteiger partial charge in [-0.1, -0.05) is 66.2 Å². The van der Waals surface area contributed by atoms with E-state index in [1.54, 1.807) is 0 Å². The summed E-state index contributed by atoms with van der Waals surface area (Å²) in [6, 6.07) is 25.6. The molecule has 1 N–H and O–H groups in total. The lowest BCUT2D eigenvalue weighted by molar-refractivity contribution is 0.102. The van der Waals surface area contributed by atoms with Crippen LogP contribution in [0.5, 0.6) is 0 Å². The van der Waals surface area contributed by atoms with Crippen LogP contribution in [0.1, 0.15) is 21.5 Å². The summed E-state index contributed by atoms with van der Waals surface area (Å²) in [6.45, 7) is 4.05. The minimum atomic E-state index is -0.127. The van der Waals surface area contributed by atoms with E-state index in [1.165, 1.54) is 5.56 Å². The van der Waals surface area contributed by atoms with Gasteiger partial charge in [0.25, 0.3) is 5.91 Å². The van der Waals surface area contributed by atoms with E-state index in [-0.39, 0.29) is 5.91 Å². The summed E-state index contributed by atoms with van der Waals surface area (Å²) < 4.78 is 0. The Morgan fingerprint density at radius 3 is 2.37 bits per heavy atom. The number of para-hydroxylation sites is 1. The number of aryl methyl sites for hydroxylation is 2. The third-order valence-electron chi connectivity index (χ3n) is 4.66. The molecule has 0 bridgehead atoms. The van der Waals surface area contributed by atoms with Crippen molar-refractivity contribution < 1.29 is 4.79 Å².